The molecule has 10 heteroatoms. The van der Waals surface area contributed by atoms with Crippen LogP contribution in [0.1, 0.15) is 12.8 Å². The number of ether oxygens (including phenoxy) is 1. The molecule has 2 aromatic rings. The van der Waals surface area contributed by atoms with Gasteiger partial charge in [0.25, 0.3) is 0 Å². The van der Waals surface area contributed by atoms with E-state index in [2.05, 4.69) is 26.7 Å². The molecule has 0 saturated carbocycles. The van der Waals surface area contributed by atoms with Crippen molar-refractivity contribution in [1.82, 2.24) is 24.3 Å². The van der Waals surface area contributed by atoms with Crippen molar-refractivity contribution in [3.63, 3.8) is 0 Å². The number of piperidine rings is 1. The summed E-state index contributed by atoms with van der Waals surface area (Å²) in [6.07, 6.45) is 4.73. The quantitative estimate of drug-likeness (QED) is 0.644. The molecule has 2 N–H and O–H groups in total. The number of nitrogens with zero attached hydrogens (tertiary/aromatic N) is 4. The summed E-state index contributed by atoms with van der Waals surface area (Å²) in [5.41, 5.74) is 1.62. The van der Waals surface area contributed by atoms with Gasteiger partial charge in [0.15, 0.2) is 0 Å². The summed E-state index contributed by atoms with van der Waals surface area (Å²) >= 11 is 0. The molecule has 1 saturated heterocycles. The predicted molar refractivity (Wildman–Crippen MR) is 122 cm³/mol. The Morgan fingerprint density at radius 1 is 1.16 bits per heavy atom. The molecule has 2 aliphatic rings. The van der Waals surface area contributed by atoms with Gasteiger partial charge < -0.3 is 19.6 Å². The van der Waals surface area contributed by atoms with Crippen LogP contribution in [0.5, 0.6) is 5.75 Å². The fourth-order valence-corrected chi connectivity index (χ4v) is 5.81. The summed E-state index contributed by atoms with van der Waals surface area (Å²) in [7, 11) is 2.08. The zero-order valence-electron chi connectivity index (χ0n) is 19.0. The van der Waals surface area contributed by atoms with Gasteiger partial charge in [-0.3, -0.25) is 4.68 Å². The van der Waals surface area contributed by atoms with E-state index in [1.807, 2.05) is 20.3 Å². The first kappa shape index (κ1) is 23.2. The number of β-amino-alcohol motifs (C(OH)–C–C–N with tert-alkyl or cyclic N) is 1. The monoisotopic (exact) mass is 463 g/mol. The zero-order chi connectivity index (χ0) is 22.9. The van der Waals surface area contributed by atoms with Crippen molar-refractivity contribution >= 4 is 10.0 Å². The number of sulfonamides is 1. The highest BCUT2D eigenvalue weighted by Crippen LogP contribution is 2.36. The lowest BCUT2D eigenvalue weighted by Gasteiger charge is -2.43. The summed E-state index contributed by atoms with van der Waals surface area (Å²) in [4.78, 5) is 4.48. The number of likely N-dealkylation sites (tertiary alicyclic amines) is 1. The second-order valence-electron chi connectivity index (χ2n) is 9.36. The third-order valence-electron chi connectivity index (χ3n) is 6.49. The lowest BCUT2D eigenvalue weighted by Crippen LogP contribution is -2.50. The molecule has 1 unspecified atom stereocenters. The van der Waals surface area contributed by atoms with Gasteiger partial charge in [0, 0.05) is 43.9 Å². The lowest BCUT2D eigenvalue weighted by molar-refractivity contribution is 0.0219. The average molecular weight is 464 g/mol. The Labute approximate surface area is 190 Å². The molecule has 1 atom stereocenters. The van der Waals surface area contributed by atoms with Gasteiger partial charge in [-0.2, -0.15) is 5.10 Å². The second kappa shape index (κ2) is 9.11. The summed E-state index contributed by atoms with van der Waals surface area (Å²) in [6.45, 7) is 3.46. The van der Waals surface area contributed by atoms with Crippen molar-refractivity contribution < 1.29 is 18.3 Å². The predicted octanol–water partition coefficient (Wildman–Crippen LogP) is 0.763. The number of hydrogen-bond acceptors (Lipinski definition) is 7. The Morgan fingerprint density at radius 2 is 1.91 bits per heavy atom. The highest BCUT2D eigenvalue weighted by Gasteiger charge is 2.37. The molecule has 3 heterocycles. The van der Waals surface area contributed by atoms with Crippen LogP contribution in [0.4, 0.5) is 0 Å². The largest absolute Gasteiger partial charge is 0.492 e. The first-order valence-corrected chi connectivity index (χ1v) is 12.4. The highest BCUT2D eigenvalue weighted by molar-refractivity contribution is 7.89. The molecule has 0 amide bonds. The van der Waals surface area contributed by atoms with Gasteiger partial charge in [-0.1, -0.05) is 6.07 Å². The van der Waals surface area contributed by atoms with Crippen LogP contribution in [0.3, 0.4) is 0 Å². The van der Waals surface area contributed by atoms with Crippen molar-refractivity contribution in [3.8, 4) is 16.9 Å². The molecule has 176 valence electrons. The van der Waals surface area contributed by atoms with Crippen LogP contribution in [-0.2, 0) is 17.1 Å². The molecule has 1 aromatic heterocycles. The minimum Gasteiger partial charge on any atom is -0.492 e. The number of benzene rings is 1. The normalized spacial score (nSPS) is 24.8. The summed E-state index contributed by atoms with van der Waals surface area (Å²) in [5.74, 6) is 0.329. The maximum Gasteiger partial charge on any atom is 0.244 e. The Kier molecular flexibility index (Phi) is 6.60. The third kappa shape index (κ3) is 5.15. The van der Waals surface area contributed by atoms with Crippen LogP contribution in [0.15, 0.2) is 35.5 Å². The van der Waals surface area contributed by atoms with E-state index in [0.717, 1.165) is 43.6 Å². The number of fused-ring (bicyclic) bond motifs is 1. The summed E-state index contributed by atoms with van der Waals surface area (Å²) in [6, 6.07) is 5.12. The SMILES string of the molecule is CN1CCC2(CC1)COc1cc(-c3cnn(C)c3)ccc1S(=O)(=O)NCC(O)CN(C)C2. The number of nitrogens with one attached hydrogen (secondary N) is 1. The molecule has 1 aromatic carbocycles. The zero-order valence-corrected chi connectivity index (χ0v) is 19.8. The minimum absolute atomic E-state index is 0.0494. The molecule has 4 rings (SSSR count). The van der Waals surface area contributed by atoms with Crippen molar-refractivity contribution in [3.05, 3.63) is 30.6 Å². The topological polar surface area (TPSA) is 99.9 Å². The van der Waals surface area contributed by atoms with E-state index in [-0.39, 0.29) is 16.9 Å². The Morgan fingerprint density at radius 3 is 2.59 bits per heavy atom. The van der Waals surface area contributed by atoms with Gasteiger partial charge in [0.05, 0.1) is 18.9 Å². The van der Waals surface area contributed by atoms with Crippen LogP contribution < -0.4 is 9.46 Å². The van der Waals surface area contributed by atoms with Crippen LogP contribution >= 0.6 is 0 Å². The molecule has 2 aliphatic heterocycles. The molecule has 0 radical (unpaired) electrons. The van der Waals surface area contributed by atoms with Gasteiger partial charge in [0.1, 0.15) is 10.6 Å². The number of likely N-dealkylation sites (N-methyl/N-ethyl adjacent to an activating group) is 1. The number of aromatic nitrogens is 2. The standard InChI is InChI=1S/C22H33N5O4S/c1-25-8-6-22(7-9-25)15-26(2)14-19(28)12-24-32(29,30)21-5-4-17(10-20(21)31-16-22)18-11-23-27(3)13-18/h4-5,10-11,13,19,24,28H,6-9,12,14-16H2,1-3H3. The molecule has 0 aliphatic carbocycles. The van der Waals surface area contributed by atoms with Crippen molar-refractivity contribution in [2.45, 2.75) is 23.8 Å². The number of hydrogen-bond donors (Lipinski definition) is 2. The molecule has 1 fully saturated rings. The molecule has 0 bridgehead atoms. The van der Waals surface area contributed by atoms with Crippen LogP contribution in [0, 0.1) is 5.41 Å². The van der Waals surface area contributed by atoms with E-state index in [9.17, 15) is 13.5 Å². The van der Waals surface area contributed by atoms with E-state index < -0.39 is 16.1 Å². The summed E-state index contributed by atoms with van der Waals surface area (Å²) in [5, 5.41) is 14.7. The fraction of sp³-hybridized carbons (Fsp3) is 0.591. The molecular formula is C22H33N5O4S. The maximum atomic E-state index is 13.1. The van der Waals surface area contributed by atoms with Crippen molar-refractivity contribution in [2.24, 2.45) is 12.5 Å². The van der Waals surface area contributed by atoms with Gasteiger partial charge in [-0.15, -0.1) is 0 Å². The van der Waals surface area contributed by atoms with Crippen LogP contribution in [0.2, 0.25) is 0 Å². The first-order valence-electron chi connectivity index (χ1n) is 11.0. The smallest absolute Gasteiger partial charge is 0.244 e. The minimum atomic E-state index is -3.85. The number of rotatable bonds is 1. The number of aliphatic hydroxyl groups excluding tert-OH is 1. The van der Waals surface area contributed by atoms with Gasteiger partial charge in [-0.05, 0) is 57.7 Å². The average Bonchev–Trinajstić information content (AvgIpc) is 3.18. The second-order valence-corrected chi connectivity index (χ2v) is 11.1. The van der Waals surface area contributed by atoms with E-state index in [1.54, 1.807) is 29.1 Å². The molecule has 32 heavy (non-hydrogen) atoms. The van der Waals surface area contributed by atoms with Crippen LogP contribution in [0.25, 0.3) is 11.1 Å². The Balaban J connectivity index is 1.73. The first-order chi connectivity index (χ1) is 15.2. The third-order valence-corrected chi connectivity index (χ3v) is 7.95. The van der Waals surface area contributed by atoms with Crippen molar-refractivity contribution in [2.75, 3.05) is 53.4 Å². The van der Waals surface area contributed by atoms with E-state index in [1.165, 1.54) is 0 Å². The van der Waals surface area contributed by atoms with Gasteiger partial charge >= 0.3 is 0 Å². The van der Waals surface area contributed by atoms with E-state index in [0.29, 0.717) is 18.9 Å². The molecule has 9 nitrogen and oxygen atoms in total. The number of aryl methyl sites for hydroxylation is 1. The van der Waals surface area contributed by atoms with Gasteiger partial charge in [-0.25, -0.2) is 13.1 Å². The highest BCUT2D eigenvalue weighted by atomic mass is 32.2. The molecular weight excluding hydrogens is 430 g/mol. The summed E-state index contributed by atoms with van der Waals surface area (Å²) < 4.78 is 36.7. The fourth-order valence-electron chi connectivity index (χ4n) is 4.61. The van der Waals surface area contributed by atoms with Gasteiger partial charge in [0.2, 0.25) is 10.0 Å². The lowest BCUT2D eigenvalue weighted by atomic mass is 9.78. The van der Waals surface area contributed by atoms with Crippen molar-refractivity contribution in [1.29, 1.82) is 0 Å². The maximum absolute atomic E-state index is 13.1. The number of aliphatic hydroxyl groups is 1. The Hall–Kier alpha value is -1.98. The molecule has 1 spiro atoms. The Bertz CT molecular complexity index is 1050. The van der Waals surface area contributed by atoms with E-state index in [4.69, 9.17) is 4.74 Å². The van der Waals surface area contributed by atoms with Crippen LogP contribution in [-0.4, -0.2) is 92.6 Å². The van der Waals surface area contributed by atoms with E-state index >= 15 is 0 Å².